The molecule has 0 aliphatic heterocycles. The maximum atomic E-state index is 10.9. The van der Waals surface area contributed by atoms with Gasteiger partial charge < -0.3 is 10.1 Å². The molecule has 0 bridgehead atoms. The second-order valence-corrected chi connectivity index (χ2v) is 4.15. The average Bonchev–Trinajstić information content (AvgIpc) is 2.29. The normalized spacial score (nSPS) is 14.1. The van der Waals surface area contributed by atoms with E-state index in [9.17, 15) is 10.1 Å². The molecule has 1 rings (SSSR count). The van der Waals surface area contributed by atoms with Crippen molar-refractivity contribution in [1.82, 2.24) is 0 Å². The molecular weight excluding hydrogens is 220 g/mol. The summed E-state index contributed by atoms with van der Waals surface area (Å²) in [7, 11) is 1.62. The van der Waals surface area contributed by atoms with Crippen molar-refractivity contribution in [2.45, 2.75) is 32.9 Å². The molecule has 0 amide bonds. The van der Waals surface area contributed by atoms with E-state index < -0.39 is 0 Å². The van der Waals surface area contributed by atoms with Crippen molar-refractivity contribution < 1.29 is 9.66 Å². The van der Waals surface area contributed by atoms with Crippen LogP contribution in [0.1, 0.15) is 19.4 Å². The van der Waals surface area contributed by atoms with E-state index in [1.54, 1.807) is 19.2 Å². The Kier molecular flexibility index (Phi) is 4.45. The molecule has 0 heterocycles. The zero-order valence-corrected chi connectivity index (χ0v) is 10.6. The highest BCUT2D eigenvalue weighted by Gasteiger charge is 2.18. The standard InChI is InChI=1S/C12H18N2O3/c1-8-5-6-11(12(7-8)14(15)16)13-9(2)10(3)17-4/h5-7,9-10,13H,1-4H3. The Hall–Kier alpha value is -1.62. The number of methoxy groups -OCH3 is 1. The van der Waals surface area contributed by atoms with E-state index in [2.05, 4.69) is 5.32 Å². The van der Waals surface area contributed by atoms with Crippen LogP contribution < -0.4 is 5.32 Å². The van der Waals surface area contributed by atoms with Crippen molar-refractivity contribution in [3.63, 3.8) is 0 Å². The smallest absolute Gasteiger partial charge is 0.292 e. The Bertz CT molecular complexity index is 407. The van der Waals surface area contributed by atoms with Gasteiger partial charge in [-0.3, -0.25) is 10.1 Å². The van der Waals surface area contributed by atoms with Crippen molar-refractivity contribution in [3.05, 3.63) is 33.9 Å². The predicted molar refractivity (Wildman–Crippen MR) is 67.4 cm³/mol. The van der Waals surface area contributed by atoms with Crippen LogP contribution in [0.25, 0.3) is 0 Å². The molecule has 94 valence electrons. The topological polar surface area (TPSA) is 64.4 Å². The highest BCUT2D eigenvalue weighted by atomic mass is 16.6. The number of anilines is 1. The molecule has 0 aliphatic rings. The molecule has 0 fully saturated rings. The number of rotatable bonds is 5. The van der Waals surface area contributed by atoms with Crippen LogP contribution in [-0.4, -0.2) is 24.2 Å². The Morgan fingerprint density at radius 1 is 1.41 bits per heavy atom. The van der Waals surface area contributed by atoms with Crippen LogP contribution >= 0.6 is 0 Å². The number of nitrogens with zero attached hydrogens (tertiary/aromatic N) is 1. The van der Waals surface area contributed by atoms with Gasteiger partial charge in [-0.15, -0.1) is 0 Å². The third-order valence-corrected chi connectivity index (χ3v) is 2.81. The fraction of sp³-hybridized carbons (Fsp3) is 0.500. The predicted octanol–water partition coefficient (Wildman–Crippen LogP) is 2.74. The molecule has 1 N–H and O–H groups in total. The minimum absolute atomic E-state index is 0.00130. The number of ether oxygens (including phenoxy) is 1. The van der Waals surface area contributed by atoms with E-state index in [1.807, 2.05) is 26.8 Å². The van der Waals surface area contributed by atoms with Gasteiger partial charge in [-0.2, -0.15) is 0 Å². The fourth-order valence-electron chi connectivity index (χ4n) is 1.48. The zero-order valence-electron chi connectivity index (χ0n) is 10.6. The number of hydrogen-bond donors (Lipinski definition) is 1. The lowest BCUT2D eigenvalue weighted by Gasteiger charge is -2.20. The molecule has 0 saturated carbocycles. The number of hydrogen-bond acceptors (Lipinski definition) is 4. The van der Waals surface area contributed by atoms with Gasteiger partial charge in [0.15, 0.2) is 0 Å². The van der Waals surface area contributed by atoms with Crippen LogP contribution in [0.4, 0.5) is 11.4 Å². The Labute approximate surface area is 101 Å². The van der Waals surface area contributed by atoms with E-state index in [4.69, 9.17) is 4.74 Å². The maximum Gasteiger partial charge on any atom is 0.292 e. The molecule has 2 unspecified atom stereocenters. The van der Waals surface area contributed by atoms with Crippen molar-refractivity contribution in [1.29, 1.82) is 0 Å². The lowest BCUT2D eigenvalue weighted by atomic mass is 10.1. The van der Waals surface area contributed by atoms with Gasteiger partial charge in [0.05, 0.1) is 11.0 Å². The molecule has 0 aliphatic carbocycles. The number of nitro benzene ring substituents is 1. The van der Waals surface area contributed by atoms with Crippen LogP contribution in [0.2, 0.25) is 0 Å². The molecular formula is C12H18N2O3. The van der Waals surface area contributed by atoms with E-state index in [0.717, 1.165) is 5.56 Å². The Morgan fingerprint density at radius 2 is 2.06 bits per heavy atom. The first-order chi connectivity index (χ1) is 7.95. The van der Waals surface area contributed by atoms with Gasteiger partial charge in [-0.25, -0.2) is 0 Å². The third-order valence-electron chi connectivity index (χ3n) is 2.81. The summed E-state index contributed by atoms with van der Waals surface area (Å²) in [5.74, 6) is 0. The van der Waals surface area contributed by atoms with Gasteiger partial charge in [0, 0.05) is 19.2 Å². The summed E-state index contributed by atoms with van der Waals surface area (Å²) in [6.07, 6.45) is -0.0177. The molecule has 1 aromatic rings. The van der Waals surface area contributed by atoms with Crippen molar-refractivity contribution >= 4 is 11.4 Å². The second-order valence-electron chi connectivity index (χ2n) is 4.15. The summed E-state index contributed by atoms with van der Waals surface area (Å²) < 4.78 is 5.18. The molecule has 1 aromatic carbocycles. The van der Waals surface area contributed by atoms with Gasteiger partial charge in [0.1, 0.15) is 5.69 Å². The third kappa shape index (κ3) is 3.42. The number of benzene rings is 1. The van der Waals surface area contributed by atoms with Crippen molar-refractivity contribution in [3.8, 4) is 0 Å². The van der Waals surface area contributed by atoms with E-state index in [0.29, 0.717) is 5.69 Å². The average molecular weight is 238 g/mol. The summed E-state index contributed by atoms with van der Waals surface area (Å²) in [5, 5.41) is 14.0. The largest absolute Gasteiger partial charge is 0.380 e. The lowest BCUT2D eigenvalue weighted by Crippen LogP contribution is -2.29. The molecule has 5 nitrogen and oxygen atoms in total. The van der Waals surface area contributed by atoms with Gasteiger partial charge >= 0.3 is 0 Å². The van der Waals surface area contributed by atoms with Gasteiger partial charge in [-0.1, -0.05) is 6.07 Å². The van der Waals surface area contributed by atoms with E-state index >= 15 is 0 Å². The summed E-state index contributed by atoms with van der Waals surface area (Å²) in [4.78, 5) is 10.6. The van der Waals surface area contributed by atoms with Crippen molar-refractivity contribution in [2.24, 2.45) is 0 Å². The van der Waals surface area contributed by atoms with Crippen LogP contribution in [0.3, 0.4) is 0 Å². The SMILES string of the molecule is COC(C)C(C)Nc1ccc(C)cc1[N+](=O)[O-]. The van der Waals surface area contributed by atoms with E-state index in [1.165, 1.54) is 0 Å². The zero-order chi connectivity index (χ0) is 13.0. The van der Waals surface area contributed by atoms with E-state index in [-0.39, 0.29) is 22.8 Å². The highest BCUT2D eigenvalue weighted by Crippen LogP contribution is 2.26. The molecule has 5 heteroatoms. The monoisotopic (exact) mass is 238 g/mol. The Balaban J connectivity index is 2.94. The number of nitro groups is 1. The molecule has 0 aromatic heterocycles. The van der Waals surface area contributed by atoms with Gasteiger partial charge in [-0.05, 0) is 32.4 Å². The summed E-state index contributed by atoms with van der Waals surface area (Å²) in [6, 6.07) is 5.14. The first-order valence-corrected chi connectivity index (χ1v) is 5.50. The second kappa shape index (κ2) is 5.63. The van der Waals surface area contributed by atoms with Crippen LogP contribution in [-0.2, 0) is 4.74 Å². The summed E-state index contributed by atoms with van der Waals surface area (Å²) in [6.45, 7) is 5.67. The molecule has 0 spiro atoms. The molecule has 2 atom stereocenters. The van der Waals surface area contributed by atoms with Gasteiger partial charge in [0.25, 0.3) is 5.69 Å². The number of nitrogens with one attached hydrogen (secondary N) is 1. The highest BCUT2D eigenvalue weighted by molar-refractivity contribution is 5.63. The van der Waals surface area contributed by atoms with Crippen molar-refractivity contribution in [2.75, 3.05) is 12.4 Å². The molecule has 0 radical (unpaired) electrons. The first kappa shape index (κ1) is 13.4. The molecule has 17 heavy (non-hydrogen) atoms. The minimum atomic E-state index is -0.375. The Morgan fingerprint density at radius 3 is 2.59 bits per heavy atom. The van der Waals surface area contributed by atoms with Crippen LogP contribution in [0.5, 0.6) is 0 Å². The van der Waals surface area contributed by atoms with Gasteiger partial charge in [0.2, 0.25) is 0 Å². The quantitative estimate of drug-likeness (QED) is 0.632. The van der Waals surface area contributed by atoms with Crippen LogP contribution in [0, 0.1) is 17.0 Å². The summed E-state index contributed by atoms with van der Waals surface area (Å²) in [5.41, 5.74) is 1.49. The maximum absolute atomic E-state index is 10.9. The number of aryl methyl sites for hydroxylation is 1. The summed E-state index contributed by atoms with van der Waals surface area (Å²) >= 11 is 0. The lowest BCUT2D eigenvalue weighted by molar-refractivity contribution is -0.384. The van der Waals surface area contributed by atoms with Crippen LogP contribution in [0.15, 0.2) is 18.2 Å². The molecule has 0 saturated heterocycles. The minimum Gasteiger partial charge on any atom is -0.380 e. The first-order valence-electron chi connectivity index (χ1n) is 5.50. The fourth-order valence-corrected chi connectivity index (χ4v) is 1.48.